The summed E-state index contributed by atoms with van der Waals surface area (Å²) in [5.74, 6) is 0.0312. The number of nitro groups is 1. The van der Waals surface area contributed by atoms with Crippen LogP contribution in [-0.4, -0.2) is 34.4 Å². The first kappa shape index (κ1) is 16.9. The molecule has 1 amide bonds. The quantitative estimate of drug-likeness (QED) is 0.629. The van der Waals surface area contributed by atoms with E-state index in [1.807, 2.05) is 12.1 Å². The number of carbonyl (C=O) groups is 1. The van der Waals surface area contributed by atoms with Gasteiger partial charge in [-0.1, -0.05) is 19.1 Å². The molecule has 1 aliphatic heterocycles. The van der Waals surface area contributed by atoms with Crippen LogP contribution in [0.1, 0.15) is 35.3 Å². The molecule has 0 bridgehead atoms. The maximum Gasteiger partial charge on any atom is 0.323 e. The number of amides is 1. The van der Waals surface area contributed by atoms with Crippen molar-refractivity contribution < 1.29 is 14.5 Å². The Morgan fingerprint density at radius 3 is 2.80 bits per heavy atom. The van der Waals surface area contributed by atoms with E-state index < -0.39 is 4.92 Å². The Labute approximate surface area is 145 Å². The van der Waals surface area contributed by atoms with E-state index in [2.05, 4.69) is 11.9 Å². The molecule has 1 aromatic carbocycles. The largest absolute Gasteiger partial charge is 0.490 e. The van der Waals surface area contributed by atoms with Crippen LogP contribution in [0.5, 0.6) is 5.75 Å². The predicted octanol–water partition coefficient (Wildman–Crippen LogP) is 3.22. The van der Waals surface area contributed by atoms with Crippen LogP contribution < -0.4 is 4.74 Å². The second-order valence-electron chi connectivity index (χ2n) is 6.21. The van der Waals surface area contributed by atoms with E-state index in [0.29, 0.717) is 12.5 Å². The smallest absolute Gasteiger partial charge is 0.323 e. The number of rotatable bonds is 4. The number of nitrogens with zero attached hydrogens (tertiary/aromatic N) is 3. The number of hydrogen-bond donors (Lipinski definition) is 0. The highest BCUT2D eigenvalue weighted by Gasteiger charge is 2.37. The fourth-order valence-corrected chi connectivity index (χ4v) is 3.36. The van der Waals surface area contributed by atoms with Crippen molar-refractivity contribution in [1.82, 2.24) is 9.88 Å². The third kappa shape index (κ3) is 3.17. The van der Waals surface area contributed by atoms with Gasteiger partial charge in [0.25, 0.3) is 5.91 Å². The first-order valence-corrected chi connectivity index (χ1v) is 8.05. The molecular formula is C18H19N3O4. The number of benzene rings is 1. The van der Waals surface area contributed by atoms with Crippen molar-refractivity contribution in [2.24, 2.45) is 5.92 Å². The van der Waals surface area contributed by atoms with Gasteiger partial charge in [0.15, 0.2) is 5.75 Å². The zero-order chi connectivity index (χ0) is 18.0. The lowest BCUT2D eigenvalue weighted by atomic mass is 10.0. The topological polar surface area (TPSA) is 85.6 Å². The molecule has 1 aliphatic rings. The van der Waals surface area contributed by atoms with Gasteiger partial charge in [-0.15, -0.1) is 0 Å². The molecule has 2 aromatic rings. The van der Waals surface area contributed by atoms with Crippen LogP contribution in [0.2, 0.25) is 0 Å². The highest BCUT2D eigenvalue weighted by Crippen LogP contribution is 2.38. The molecule has 0 unspecified atom stereocenters. The van der Waals surface area contributed by atoms with Crippen molar-refractivity contribution in [2.75, 3.05) is 13.7 Å². The maximum absolute atomic E-state index is 13.1. The number of nitro benzene ring substituents is 1. The van der Waals surface area contributed by atoms with Gasteiger partial charge in [0.1, 0.15) is 5.56 Å². The van der Waals surface area contributed by atoms with Crippen LogP contribution in [0.25, 0.3) is 0 Å². The number of likely N-dealkylation sites (tertiary alicyclic amines) is 1. The standard InChI is InChI=1S/C18H19N3O4/c1-12-9-15(13-5-4-8-19-10-13)20(11-12)18(22)14-6-3-7-16(25-2)17(14)21(23)24/h3-8,10,12,15H,9,11H2,1-2H3/t12-,15+/m0/s1. The molecule has 7 nitrogen and oxygen atoms in total. The van der Waals surface area contributed by atoms with Gasteiger partial charge in [-0.3, -0.25) is 19.9 Å². The van der Waals surface area contributed by atoms with Crippen LogP contribution in [0.3, 0.4) is 0 Å². The lowest BCUT2D eigenvalue weighted by Crippen LogP contribution is -2.31. The molecule has 0 N–H and O–H groups in total. The van der Waals surface area contributed by atoms with Crippen molar-refractivity contribution in [3.63, 3.8) is 0 Å². The molecule has 0 spiro atoms. The number of carbonyl (C=O) groups excluding carboxylic acids is 1. The van der Waals surface area contributed by atoms with Crippen molar-refractivity contribution >= 4 is 11.6 Å². The number of ether oxygens (including phenoxy) is 1. The summed E-state index contributed by atoms with van der Waals surface area (Å²) in [5.41, 5.74) is 0.692. The van der Waals surface area contributed by atoms with Crippen molar-refractivity contribution in [1.29, 1.82) is 0 Å². The van der Waals surface area contributed by atoms with Gasteiger partial charge in [0.2, 0.25) is 0 Å². The second-order valence-corrected chi connectivity index (χ2v) is 6.21. The van der Waals surface area contributed by atoms with Gasteiger partial charge in [0.05, 0.1) is 18.1 Å². The van der Waals surface area contributed by atoms with Gasteiger partial charge >= 0.3 is 5.69 Å². The molecule has 1 fully saturated rings. The SMILES string of the molecule is COc1cccc(C(=O)N2C[C@@H](C)C[C@@H]2c2cccnc2)c1[N+](=O)[O-]. The normalized spacial score (nSPS) is 19.7. The molecule has 0 saturated carbocycles. The lowest BCUT2D eigenvalue weighted by molar-refractivity contribution is -0.386. The monoisotopic (exact) mass is 341 g/mol. The summed E-state index contributed by atoms with van der Waals surface area (Å²) in [7, 11) is 1.35. The molecule has 0 aliphatic carbocycles. The molecule has 7 heteroatoms. The van der Waals surface area contributed by atoms with Gasteiger partial charge in [0, 0.05) is 18.9 Å². The summed E-state index contributed by atoms with van der Waals surface area (Å²) in [6, 6.07) is 8.18. The third-order valence-electron chi connectivity index (χ3n) is 4.47. The van der Waals surface area contributed by atoms with Crippen molar-refractivity contribution in [3.05, 3.63) is 64.0 Å². The molecule has 2 atom stereocenters. The van der Waals surface area contributed by atoms with Crippen LogP contribution in [0.15, 0.2) is 42.7 Å². The van der Waals surface area contributed by atoms with E-state index in [1.54, 1.807) is 23.4 Å². The van der Waals surface area contributed by atoms with Gasteiger partial charge in [-0.25, -0.2) is 0 Å². The maximum atomic E-state index is 13.1. The van der Waals surface area contributed by atoms with Gasteiger partial charge < -0.3 is 9.64 Å². The highest BCUT2D eigenvalue weighted by molar-refractivity contribution is 5.99. The van der Waals surface area contributed by atoms with Crippen LogP contribution in [0, 0.1) is 16.0 Å². The molecular weight excluding hydrogens is 322 g/mol. The number of para-hydroxylation sites is 1. The van der Waals surface area contributed by atoms with Gasteiger partial charge in [-0.2, -0.15) is 0 Å². The average molecular weight is 341 g/mol. The van der Waals surface area contributed by atoms with Crippen molar-refractivity contribution in [3.8, 4) is 5.75 Å². The third-order valence-corrected chi connectivity index (χ3v) is 4.47. The zero-order valence-corrected chi connectivity index (χ0v) is 14.1. The second kappa shape index (κ2) is 6.88. The fraction of sp³-hybridized carbons (Fsp3) is 0.333. The summed E-state index contributed by atoms with van der Waals surface area (Å²) in [6.45, 7) is 2.61. The molecule has 0 radical (unpaired) electrons. The van der Waals surface area contributed by atoms with E-state index in [4.69, 9.17) is 4.74 Å². The summed E-state index contributed by atoms with van der Waals surface area (Å²) in [6.07, 6.45) is 4.22. The number of pyridine rings is 1. The summed E-state index contributed by atoms with van der Waals surface area (Å²) < 4.78 is 5.07. The number of hydrogen-bond acceptors (Lipinski definition) is 5. The van der Waals surface area contributed by atoms with E-state index in [9.17, 15) is 14.9 Å². The minimum absolute atomic E-state index is 0.0485. The lowest BCUT2D eigenvalue weighted by Gasteiger charge is -2.25. The zero-order valence-electron chi connectivity index (χ0n) is 14.1. The van der Waals surface area contributed by atoms with E-state index >= 15 is 0 Å². The Morgan fingerprint density at radius 1 is 1.36 bits per heavy atom. The molecule has 3 rings (SSSR count). The molecule has 1 saturated heterocycles. The Bertz CT molecular complexity index is 794. The first-order chi connectivity index (χ1) is 12.0. The summed E-state index contributed by atoms with van der Waals surface area (Å²) >= 11 is 0. The van der Waals surface area contributed by atoms with Crippen LogP contribution in [0.4, 0.5) is 5.69 Å². The van der Waals surface area contributed by atoms with Crippen molar-refractivity contribution in [2.45, 2.75) is 19.4 Å². The summed E-state index contributed by atoms with van der Waals surface area (Å²) in [4.78, 5) is 29.9. The van der Waals surface area contributed by atoms with Crippen LogP contribution >= 0.6 is 0 Å². The fourth-order valence-electron chi connectivity index (χ4n) is 3.36. The summed E-state index contributed by atoms with van der Waals surface area (Å²) in [5, 5.41) is 11.5. The highest BCUT2D eigenvalue weighted by atomic mass is 16.6. The predicted molar refractivity (Wildman–Crippen MR) is 91.4 cm³/mol. The van der Waals surface area contributed by atoms with Gasteiger partial charge in [-0.05, 0) is 36.1 Å². The first-order valence-electron chi connectivity index (χ1n) is 8.05. The Hall–Kier alpha value is -2.96. The van der Waals surface area contributed by atoms with E-state index in [0.717, 1.165) is 12.0 Å². The van der Waals surface area contributed by atoms with E-state index in [-0.39, 0.29) is 28.9 Å². The van der Waals surface area contributed by atoms with E-state index in [1.165, 1.54) is 19.2 Å². The van der Waals surface area contributed by atoms with Crippen LogP contribution in [-0.2, 0) is 0 Å². The molecule has 130 valence electrons. The average Bonchev–Trinajstić information content (AvgIpc) is 3.02. The Morgan fingerprint density at radius 2 is 2.16 bits per heavy atom. The minimum Gasteiger partial charge on any atom is -0.490 e. The number of aromatic nitrogens is 1. The molecule has 2 heterocycles. The minimum atomic E-state index is -0.565. The Balaban J connectivity index is 2.01. The molecule has 1 aromatic heterocycles. The number of methoxy groups -OCH3 is 1. The molecule has 25 heavy (non-hydrogen) atoms. The Kier molecular flexibility index (Phi) is 4.65.